The lowest BCUT2D eigenvalue weighted by Gasteiger charge is -2.14. The second kappa shape index (κ2) is 8.05. The van der Waals surface area contributed by atoms with E-state index in [0.717, 1.165) is 19.4 Å². The van der Waals surface area contributed by atoms with Gasteiger partial charge in [-0.1, -0.05) is 24.3 Å². The van der Waals surface area contributed by atoms with Gasteiger partial charge in [0.1, 0.15) is 0 Å². The molecule has 0 unspecified atom stereocenters. The van der Waals surface area contributed by atoms with Gasteiger partial charge >= 0.3 is 5.97 Å². The minimum absolute atomic E-state index is 0.0850. The Labute approximate surface area is 121 Å². The fourth-order valence-electron chi connectivity index (χ4n) is 2.68. The molecule has 0 aromatic heterocycles. The molecule has 1 aromatic rings. The minimum atomic E-state index is -0.0850. The van der Waals surface area contributed by atoms with E-state index in [0.29, 0.717) is 13.0 Å². The molecule has 0 N–H and O–H groups in total. The smallest absolute Gasteiger partial charge is 0.305 e. The van der Waals surface area contributed by atoms with Crippen molar-refractivity contribution < 1.29 is 9.53 Å². The molecular weight excluding hydrogens is 250 g/mol. The lowest BCUT2D eigenvalue weighted by molar-refractivity contribution is -0.143. The first kappa shape index (κ1) is 15.0. The number of aryl methyl sites for hydroxylation is 1. The molecule has 1 fully saturated rings. The number of benzene rings is 1. The summed E-state index contributed by atoms with van der Waals surface area (Å²) < 4.78 is 4.93. The van der Waals surface area contributed by atoms with E-state index in [2.05, 4.69) is 29.2 Å². The molecule has 2 rings (SSSR count). The highest BCUT2D eigenvalue weighted by Crippen LogP contribution is 2.14. The zero-order valence-corrected chi connectivity index (χ0v) is 12.4. The van der Waals surface area contributed by atoms with Crippen molar-refractivity contribution >= 4 is 5.97 Å². The summed E-state index contributed by atoms with van der Waals surface area (Å²) in [7, 11) is 0. The molecule has 0 aliphatic carbocycles. The van der Waals surface area contributed by atoms with Crippen LogP contribution in [0.5, 0.6) is 0 Å². The Morgan fingerprint density at radius 3 is 2.45 bits per heavy atom. The fraction of sp³-hybridized carbons (Fsp3) is 0.588. The molecule has 3 nitrogen and oxygen atoms in total. The van der Waals surface area contributed by atoms with Gasteiger partial charge in [0.25, 0.3) is 0 Å². The van der Waals surface area contributed by atoms with Crippen molar-refractivity contribution in [1.29, 1.82) is 0 Å². The van der Waals surface area contributed by atoms with Crippen molar-refractivity contribution in [2.45, 2.75) is 45.6 Å². The van der Waals surface area contributed by atoms with Gasteiger partial charge in [-0.3, -0.25) is 9.69 Å². The Bertz CT molecular complexity index is 408. The van der Waals surface area contributed by atoms with Gasteiger partial charge < -0.3 is 4.74 Å². The first-order valence-electron chi connectivity index (χ1n) is 7.73. The van der Waals surface area contributed by atoms with Gasteiger partial charge in [0.2, 0.25) is 0 Å². The molecule has 1 aliphatic heterocycles. The monoisotopic (exact) mass is 275 g/mol. The molecule has 20 heavy (non-hydrogen) atoms. The van der Waals surface area contributed by atoms with Crippen molar-refractivity contribution in [2.24, 2.45) is 0 Å². The number of likely N-dealkylation sites (tertiary alicyclic amines) is 1. The summed E-state index contributed by atoms with van der Waals surface area (Å²) in [6.45, 7) is 5.87. The predicted octanol–water partition coefficient (Wildman–Crippen LogP) is 3.17. The van der Waals surface area contributed by atoms with E-state index < -0.39 is 0 Å². The van der Waals surface area contributed by atoms with Crippen LogP contribution in [0.1, 0.15) is 43.7 Å². The number of nitrogens with zero attached hydrogens (tertiary/aromatic N) is 1. The molecule has 1 aromatic carbocycles. The maximum absolute atomic E-state index is 11.3. The van der Waals surface area contributed by atoms with Crippen LogP contribution in [0.25, 0.3) is 0 Å². The minimum Gasteiger partial charge on any atom is -0.466 e. The predicted molar refractivity (Wildman–Crippen MR) is 80.5 cm³/mol. The SMILES string of the molecule is CCOC(=O)CCCc1ccc(CN2CCCC2)cc1. The summed E-state index contributed by atoms with van der Waals surface area (Å²) in [5.41, 5.74) is 2.69. The molecule has 0 amide bonds. The Kier molecular flexibility index (Phi) is 6.06. The van der Waals surface area contributed by atoms with Crippen LogP contribution in [0.4, 0.5) is 0 Å². The highest BCUT2D eigenvalue weighted by Gasteiger charge is 2.11. The average molecular weight is 275 g/mol. The molecule has 3 heteroatoms. The van der Waals surface area contributed by atoms with Crippen LogP contribution < -0.4 is 0 Å². The van der Waals surface area contributed by atoms with Crippen molar-refractivity contribution in [3.8, 4) is 0 Å². The molecule has 0 radical (unpaired) electrons. The largest absolute Gasteiger partial charge is 0.466 e. The number of rotatable bonds is 7. The van der Waals surface area contributed by atoms with E-state index in [1.165, 1.54) is 37.1 Å². The summed E-state index contributed by atoms with van der Waals surface area (Å²) >= 11 is 0. The van der Waals surface area contributed by atoms with E-state index in [1.54, 1.807) is 0 Å². The van der Waals surface area contributed by atoms with E-state index in [9.17, 15) is 4.79 Å². The molecule has 0 atom stereocenters. The highest BCUT2D eigenvalue weighted by atomic mass is 16.5. The van der Waals surface area contributed by atoms with Gasteiger partial charge in [-0.15, -0.1) is 0 Å². The van der Waals surface area contributed by atoms with E-state index >= 15 is 0 Å². The number of esters is 1. The lowest BCUT2D eigenvalue weighted by atomic mass is 10.1. The van der Waals surface area contributed by atoms with Crippen LogP contribution in [-0.2, 0) is 22.5 Å². The van der Waals surface area contributed by atoms with Crippen LogP contribution in [-0.4, -0.2) is 30.6 Å². The average Bonchev–Trinajstić information content (AvgIpc) is 2.94. The number of carbonyl (C=O) groups is 1. The summed E-state index contributed by atoms with van der Waals surface area (Å²) in [6.07, 6.45) is 5.01. The van der Waals surface area contributed by atoms with Crippen molar-refractivity contribution in [3.63, 3.8) is 0 Å². The van der Waals surface area contributed by atoms with E-state index in [4.69, 9.17) is 4.74 Å². The Morgan fingerprint density at radius 2 is 1.80 bits per heavy atom. The Hall–Kier alpha value is -1.35. The van der Waals surface area contributed by atoms with Gasteiger partial charge in [-0.05, 0) is 56.8 Å². The first-order chi connectivity index (χ1) is 9.78. The normalized spacial score (nSPS) is 15.4. The summed E-state index contributed by atoms with van der Waals surface area (Å²) in [4.78, 5) is 13.8. The second-order valence-corrected chi connectivity index (χ2v) is 5.46. The molecule has 1 aliphatic rings. The number of carbonyl (C=O) groups excluding carboxylic acids is 1. The first-order valence-corrected chi connectivity index (χ1v) is 7.73. The summed E-state index contributed by atoms with van der Waals surface area (Å²) in [6, 6.07) is 8.82. The maximum atomic E-state index is 11.3. The third kappa shape index (κ3) is 4.97. The van der Waals surface area contributed by atoms with Crippen LogP contribution in [0, 0.1) is 0 Å². The number of hydrogen-bond acceptors (Lipinski definition) is 3. The zero-order valence-electron chi connectivity index (χ0n) is 12.4. The van der Waals surface area contributed by atoms with Crippen LogP contribution in [0.2, 0.25) is 0 Å². The lowest BCUT2D eigenvalue weighted by Crippen LogP contribution is -2.18. The zero-order chi connectivity index (χ0) is 14.2. The molecule has 110 valence electrons. The summed E-state index contributed by atoms with van der Waals surface area (Å²) in [5.74, 6) is -0.0850. The molecular formula is C17H25NO2. The van der Waals surface area contributed by atoms with Crippen molar-refractivity contribution in [2.75, 3.05) is 19.7 Å². The van der Waals surface area contributed by atoms with Gasteiger partial charge in [0.15, 0.2) is 0 Å². The van der Waals surface area contributed by atoms with Gasteiger partial charge in [0, 0.05) is 13.0 Å². The third-order valence-electron chi connectivity index (χ3n) is 3.78. The van der Waals surface area contributed by atoms with Crippen LogP contribution >= 0.6 is 0 Å². The van der Waals surface area contributed by atoms with E-state index in [1.807, 2.05) is 6.92 Å². The molecule has 1 heterocycles. The van der Waals surface area contributed by atoms with Crippen molar-refractivity contribution in [3.05, 3.63) is 35.4 Å². The maximum Gasteiger partial charge on any atom is 0.305 e. The Balaban J connectivity index is 1.72. The molecule has 0 bridgehead atoms. The van der Waals surface area contributed by atoms with Gasteiger partial charge in [-0.2, -0.15) is 0 Å². The molecule has 0 spiro atoms. The Morgan fingerprint density at radius 1 is 1.15 bits per heavy atom. The summed E-state index contributed by atoms with van der Waals surface area (Å²) in [5, 5.41) is 0. The van der Waals surface area contributed by atoms with Gasteiger partial charge in [-0.25, -0.2) is 0 Å². The highest BCUT2D eigenvalue weighted by molar-refractivity contribution is 5.69. The molecule has 1 saturated heterocycles. The van der Waals surface area contributed by atoms with Crippen molar-refractivity contribution in [1.82, 2.24) is 4.90 Å². The topological polar surface area (TPSA) is 29.5 Å². The fourth-order valence-corrected chi connectivity index (χ4v) is 2.68. The van der Waals surface area contributed by atoms with Crippen LogP contribution in [0.15, 0.2) is 24.3 Å². The molecule has 0 saturated carbocycles. The third-order valence-corrected chi connectivity index (χ3v) is 3.78. The second-order valence-electron chi connectivity index (χ2n) is 5.46. The van der Waals surface area contributed by atoms with Gasteiger partial charge in [0.05, 0.1) is 6.61 Å². The van der Waals surface area contributed by atoms with Crippen LogP contribution in [0.3, 0.4) is 0 Å². The number of ether oxygens (including phenoxy) is 1. The van der Waals surface area contributed by atoms with E-state index in [-0.39, 0.29) is 5.97 Å². The quantitative estimate of drug-likeness (QED) is 0.716. The number of hydrogen-bond donors (Lipinski definition) is 0. The standard InChI is InChI=1S/C17H25NO2/c1-2-20-17(19)7-5-6-15-8-10-16(11-9-15)14-18-12-3-4-13-18/h8-11H,2-7,12-14H2,1H3.